The Hall–Kier alpha value is -1.82. The maximum atomic E-state index is 11.4. The molecule has 0 unspecified atom stereocenters. The molecular formula is C10H10N2O3S. The minimum absolute atomic E-state index is 0.0315. The van der Waals surface area contributed by atoms with E-state index >= 15 is 0 Å². The summed E-state index contributed by atoms with van der Waals surface area (Å²) in [5.41, 5.74) is 5.89. The fourth-order valence-electron chi connectivity index (χ4n) is 1.34. The van der Waals surface area contributed by atoms with Gasteiger partial charge in [0, 0.05) is 11.8 Å². The van der Waals surface area contributed by atoms with Gasteiger partial charge in [0.05, 0.1) is 11.4 Å². The van der Waals surface area contributed by atoms with Crippen molar-refractivity contribution in [2.24, 2.45) is 5.73 Å². The van der Waals surface area contributed by atoms with Gasteiger partial charge in [-0.15, -0.1) is 0 Å². The highest BCUT2D eigenvalue weighted by atomic mass is 32.1. The molecule has 0 spiro atoms. The summed E-state index contributed by atoms with van der Waals surface area (Å²) in [6, 6.07) is 5.16. The summed E-state index contributed by atoms with van der Waals surface area (Å²) in [6.45, 7) is 0.208. The van der Waals surface area contributed by atoms with E-state index in [1.54, 1.807) is 18.2 Å². The second-order valence-corrected chi connectivity index (χ2v) is 3.78. The number of carbonyl (C=O) groups is 1. The molecule has 1 aromatic rings. The molecule has 0 radical (unpaired) electrons. The van der Waals surface area contributed by atoms with Crippen LogP contribution in [0.3, 0.4) is 0 Å². The molecule has 5 nitrogen and oxygen atoms in total. The molecule has 16 heavy (non-hydrogen) atoms. The zero-order valence-corrected chi connectivity index (χ0v) is 9.17. The van der Waals surface area contributed by atoms with E-state index in [0.717, 1.165) is 0 Å². The van der Waals surface area contributed by atoms with E-state index in [9.17, 15) is 4.79 Å². The fourth-order valence-corrected chi connectivity index (χ4v) is 1.47. The summed E-state index contributed by atoms with van der Waals surface area (Å²) in [4.78, 5) is 11.5. The van der Waals surface area contributed by atoms with Gasteiger partial charge in [-0.25, -0.2) is 0 Å². The van der Waals surface area contributed by atoms with Crippen molar-refractivity contribution in [3.05, 3.63) is 18.2 Å². The number of nitrogens with one attached hydrogen (secondary N) is 1. The highest BCUT2D eigenvalue weighted by Gasteiger charge is 2.14. The van der Waals surface area contributed by atoms with Crippen molar-refractivity contribution in [3.8, 4) is 11.5 Å². The average molecular weight is 238 g/mol. The van der Waals surface area contributed by atoms with Crippen LogP contribution in [-0.2, 0) is 4.79 Å². The molecule has 1 heterocycles. The number of amides is 1. The van der Waals surface area contributed by atoms with E-state index in [-0.39, 0.29) is 24.1 Å². The maximum absolute atomic E-state index is 11.4. The normalized spacial score (nSPS) is 12.2. The minimum atomic E-state index is -0.244. The van der Waals surface area contributed by atoms with E-state index in [1.165, 1.54) is 0 Å². The Morgan fingerprint density at radius 2 is 2.19 bits per heavy atom. The third-order valence-corrected chi connectivity index (χ3v) is 2.14. The predicted octanol–water partition coefficient (Wildman–Crippen LogP) is 1.03. The number of carbonyl (C=O) groups excluding carboxylic acids is 1. The first-order valence-electron chi connectivity index (χ1n) is 4.63. The molecule has 3 N–H and O–H groups in total. The predicted molar refractivity (Wildman–Crippen MR) is 62.6 cm³/mol. The molecular weight excluding hydrogens is 228 g/mol. The van der Waals surface area contributed by atoms with Crippen LogP contribution < -0.4 is 20.5 Å². The smallest absolute Gasteiger partial charge is 0.231 e. The Morgan fingerprint density at radius 1 is 1.44 bits per heavy atom. The average Bonchev–Trinajstić information content (AvgIpc) is 2.63. The van der Waals surface area contributed by atoms with Gasteiger partial charge in [0.15, 0.2) is 11.5 Å². The quantitative estimate of drug-likeness (QED) is 0.769. The number of fused-ring (bicyclic) bond motifs is 1. The monoisotopic (exact) mass is 238 g/mol. The van der Waals surface area contributed by atoms with Crippen molar-refractivity contribution in [1.29, 1.82) is 0 Å². The third-order valence-electron chi connectivity index (χ3n) is 1.99. The summed E-state index contributed by atoms with van der Waals surface area (Å²) in [5, 5.41) is 2.66. The van der Waals surface area contributed by atoms with Gasteiger partial charge >= 0.3 is 0 Å². The van der Waals surface area contributed by atoms with Crippen molar-refractivity contribution in [3.63, 3.8) is 0 Å². The number of anilines is 1. The fraction of sp³-hybridized carbons (Fsp3) is 0.200. The summed E-state index contributed by atoms with van der Waals surface area (Å²) >= 11 is 4.64. The van der Waals surface area contributed by atoms with Crippen LogP contribution in [0.1, 0.15) is 6.42 Å². The Kier molecular flexibility index (Phi) is 2.91. The van der Waals surface area contributed by atoms with Crippen LogP contribution in [0.5, 0.6) is 11.5 Å². The first-order chi connectivity index (χ1) is 7.65. The summed E-state index contributed by atoms with van der Waals surface area (Å²) in [6.07, 6.45) is 0.0315. The number of hydrogen-bond acceptors (Lipinski definition) is 4. The lowest BCUT2D eigenvalue weighted by Crippen LogP contribution is -2.20. The topological polar surface area (TPSA) is 73.6 Å². The summed E-state index contributed by atoms with van der Waals surface area (Å²) in [5.74, 6) is 1.05. The summed E-state index contributed by atoms with van der Waals surface area (Å²) < 4.78 is 10.3. The second kappa shape index (κ2) is 4.36. The summed E-state index contributed by atoms with van der Waals surface area (Å²) in [7, 11) is 0. The van der Waals surface area contributed by atoms with E-state index in [4.69, 9.17) is 15.2 Å². The van der Waals surface area contributed by atoms with Crippen LogP contribution in [0.25, 0.3) is 0 Å². The molecule has 0 bridgehead atoms. The molecule has 2 rings (SSSR count). The van der Waals surface area contributed by atoms with Crippen LogP contribution in [0.2, 0.25) is 0 Å². The van der Waals surface area contributed by atoms with E-state index in [1.807, 2.05) is 0 Å². The number of hydrogen-bond donors (Lipinski definition) is 2. The van der Waals surface area contributed by atoms with Crippen LogP contribution in [0, 0.1) is 0 Å². The molecule has 1 aliphatic heterocycles. The molecule has 6 heteroatoms. The second-order valence-electron chi connectivity index (χ2n) is 3.26. The Morgan fingerprint density at radius 3 is 2.94 bits per heavy atom. The van der Waals surface area contributed by atoms with Gasteiger partial charge in [-0.2, -0.15) is 0 Å². The van der Waals surface area contributed by atoms with Gasteiger partial charge in [-0.05, 0) is 12.1 Å². The highest BCUT2D eigenvalue weighted by molar-refractivity contribution is 7.80. The van der Waals surface area contributed by atoms with E-state index in [2.05, 4.69) is 17.5 Å². The Labute approximate surface area is 97.5 Å². The zero-order valence-electron chi connectivity index (χ0n) is 8.36. The molecule has 1 amide bonds. The van der Waals surface area contributed by atoms with Crippen molar-refractivity contribution >= 4 is 28.8 Å². The van der Waals surface area contributed by atoms with Crippen molar-refractivity contribution < 1.29 is 14.3 Å². The highest BCUT2D eigenvalue weighted by Crippen LogP contribution is 2.34. The largest absolute Gasteiger partial charge is 0.454 e. The van der Waals surface area contributed by atoms with Gasteiger partial charge in [0.25, 0.3) is 0 Å². The molecule has 84 valence electrons. The van der Waals surface area contributed by atoms with Crippen LogP contribution in [0.4, 0.5) is 5.69 Å². The van der Waals surface area contributed by atoms with Gasteiger partial charge in [-0.3, -0.25) is 4.79 Å². The molecule has 1 aromatic carbocycles. The van der Waals surface area contributed by atoms with Gasteiger partial charge in [0.2, 0.25) is 12.7 Å². The first kappa shape index (κ1) is 10.7. The SMILES string of the molecule is NC(=S)CC(=O)Nc1ccc2c(c1)OCO2. The lowest BCUT2D eigenvalue weighted by Gasteiger charge is -2.05. The molecule has 0 atom stereocenters. The Balaban J connectivity index is 2.05. The van der Waals surface area contributed by atoms with Gasteiger partial charge in [-0.1, -0.05) is 12.2 Å². The standard InChI is InChI=1S/C10H10N2O3S/c11-9(16)4-10(13)12-6-1-2-7-8(3-6)15-5-14-7/h1-3H,4-5H2,(H2,11,16)(H,12,13). The molecule has 0 fully saturated rings. The zero-order chi connectivity index (χ0) is 11.5. The van der Waals surface area contributed by atoms with Crippen LogP contribution in [-0.4, -0.2) is 17.7 Å². The maximum Gasteiger partial charge on any atom is 0.231 e. The molecule has 0 saturated carbocycles. The van der Waals surface area contributed by atoms with Crippen molar-refractivity contribution in [2.75, 3.05) is 12.1 Å². The number of thiocarbonyl (C=S) groups is 1. The number of rotatable bonds is 3. The molecule has 1 aliphatic rings. The van der Waals surface area contributed by atoms with Crippen molar-refractivity contribution in [1.82, 2.24) is 0 Å². The van der Waals surface area contributed by atoms with Crippen LogP contribution in [0.15, 0.2) is 18.2 Å². The Bertz CT molecular complexity index is 448. The lowest BCUT2D eigenvalue weighted by atomic mass is 10.2. The molecule has 0 saturated heterocycles. The van der Waals surface area contributed by atoms with Gasteiger partial charge < -0.3 is 20.5 Å². The van der Waals surface area contributed by atoms with Crippen LogP contribution >= 0.6 is 12.2 Å². The minimum Gasteiger partial charge on any atom is -0.454 e. The number of ether oxygens (including phenoxy) is 2. The number of nitrogens with two attached hydrogens (primary N) is 1. The van der Waals surface area contributed by atoms with E-state index < -0.39 is 0 Å². The van der Waals surface area contributed by atoms with Gasteiger partial charge in [0.1, 0.15) is 0 Å². The van der Waals surface area contributed by atoms with E-state index in [0.29, 0.717) is 17.2 Å². The molecule has 0 aliphatic carbocycles. The first-order valence-corrected chi connectivity index (χ1v) is 5.04. The number of benzene rings is 1. The van der Waals surface area contributed by atoms with Crippen molar-refractivity contribution in [2.45, 2.75) is 6.42 Å². The third kappa shape index (κ3) is 2.40. The molecule has 0 aromatic heterocycles. The lowest BCUT2D eigenvalue weighted by molar-refractivity contribution is -0.115.